The third-order valence-electron chi connectivity index (χ3n) is 3.75. The molecule has 1 heterocycles. The van der Waals surface area contributed by atoms with Gasteiger partial charge in [-0.05, 0) is 54.9 Å². The summed E-state index contributed by atoms with van der Waals surface area (Å²) in [6, 6.07) is 9.30. The first-order valence-corrected chi connectivity index (χ1v) is 9.73. The molecule has 3 aromatic rings. The summed E-state index contributed by atoms with van der Waals surface area (Å²) in [7, 11) is 3.81. The van der Waals surface area contributed by atoms with Crippen LogP contribution in [0.2, 0.25) is 0 Å². The quantitative estimate of drug-likeness (QED) is 0.451. The lowest BCUT2D eigenvalue weighted by Crippen LogP contribution is -2.37. The number of nitrogens with zero attached hydrogens (tertiary/aromatic N) is 3. The van der Waals surface area contributed by atoms with E-state index in [2.05, 4.69) is 27.6 Å². The van der Waals surface area contributed by atoms with Gasteiger partial charge in [0.25, 0.3) is 5.91 Å². The van der Waals surface area contributed by atoms with Gasteiger partial charge < -0.3 is 4.90 Å². The van der Waals surface area contributed by atoms with E-state index in [1.807, 2.05) is 31.1 Å². The standard InChI is InChI=1S/C18H16F2IN3OS.ClH/c1-23(2)7-8-24(17(25)12-5-3-4-6-14(12)21)18-22-16-13(20)9-11(19)10-15(16)26-18;/h3-6,9-10H,7-8H2,1-2H3;1H. The number of thiazole rings is 1. The molecule has 0 atom stereocenters. The molecule has 0 aliphatic carbocycles. The van der Waals surface area contributed by atoms with Crippen molar-refractivity contribution in [3.63, 3.8) is 0 Å². The van der Waals surface area contributed by atoms with Crippen molar-refractivity contribution in [2.24, 2.45) is 0 Å². The van der Waals surface area contributed by atoms with E-state index in [9.17, 15) is 13.6 Å². The molecular weight excluding hydrogens is 507 g/mol. The zero-order valence-electron chi connectivity index (χ0n) is 14.6. The fourth-order valence-electron chi connectivity index (χ4n) is 2.43. The van der Waals surface area contributed by atoms with Gasteiger partial charge in [0.1, 0.15) is 11.3 Å². The second kappa shape index (κ2) is 9.22. The third kappa shape index (κ3) is 4.92. The molecule has 2 aromatic carbocycles. The molecule has 3 rings (SSSR count). The van der Waals surface area contributed by atoms with E-state index in [0.717, 1.165) is 21.0 Å². The number of carbonyl (C=O) groups excluding carboxylic acids is 1. The Labute approximate surface area is 179 Å². The van der Waals surface area contributed by atoms with Crippen LogP contribution in [0, 0.1) is 15.2 Å². The second-order valence-electron chi connectivity index (χ2n) is 5.97. The summed E-state index contributed by atoms with van der Waals surface area (Å²) in [4.78, 5) is 20.9. The summed E-state index contributed by atoms with van der Waals surface area (Å²) >= 11 is 3.22. The normalized spacial score (nSPS) is 10.9. The molecule has 144 valence electrons. The zero-order chi connectivity index (χ0) is 18.8. The summed E-state index contributed by atoms with van der Waals surface area (Å²) in [6.45, 7) is 1.00. The smallest absolute Gasteiger partial charge is 0.261 e. The number of halogens is 4. The van der Waals surface area contributed by atoms with Crippen LogP contribution in [0.4, 0.5) is 13.9 Å². The Balaban J connectivity index is 0.00000261. The fraction of sp³-hybridized carbons (Fsp3) is 0.222. The van der Waals surface area contributed by atoms with Gasteiger partial charge in [-0.25, -0.2) is 13.8 Å². The van der Waals surface area contributed by atoms with Gasteiger partial charge in [0.2, 0.25) is 0 Å². The van der Waals surface area contributed by atoms with E-state index in [-0.39, 0.29) is 23.8 Å². The van der Waals surface area contributed by atoms with Crippen molar-refractivity contribution >= 4 is 67.6 Å². The topological polar surface area (TPSA) is 36.4 Å². The van der Waals surface area contributed by atoms with Crippen LogP contribution in [-0.2, 0) is 0 Å². The average Bonchev–Trinajstić information content (AvgIpc) is 2.99. The van der Waals surface area contributed by atoms with E-state index in [0.29, 0.717) is 28.5 Å². The van der Waals surface area contributed by atoms with E-state index in [1.54, 1.807) is 12.1 Å². The number of amides is 1. The van der Waals surface area contributed by atoms with E-state index < -0.39 is 11.6 Å². The number of hydrogen-bond donors (Lipinski definition) is 0. The Bertz CT molecular complexity index is 967. The van der Waals surface area contributed by atoms with Gasteiger partial charge in [0, 0.05) is 22.7 Å². The Morgan fingerprint density at radius 1 is 1.19 bits per heavy atom. The van der Waals surface area contributed by atoms with Crippen LogP contribution in [0.25, 0.3) is 10.2 Å². The summed E-state index contributed by atoms with van der Waals surface area (Å²) in [5.41, 5.74) is 0.634. The summed E-state index contributed by atoms with van der Waals surface area (Å²) in [5, 5.41) is 0.357. The lowest BCUT2D eigenvalue weighted by atomic mass is 10.2. The number of aromatic nitrogens is 1. The highest BCUT2D eigenvalue weighted by molar-refractivity contribution is 14.1. The molecule has 1 aromatic heterocycles. The molecule has 9 heteroatoms. The molecule has 0 aliphatic heterocycles. The monoisotopic (exact) mass is 523 g/mol. The van der Waals surface area contributed by atoms with Gasteiger partial charge in [-0.3, -0.25) is 9.69 Å². The minimum Gasteiger partial charge on any atom is -0.308 e. The van der Waals surface area contributed by atoms with Crippen molar-refractivity contribution in [2.45, 2.75) is 0 Å². The highest BCUT2D eigenvalue weighted by Crippen LogP contribution is 2.32. The largest absolute Gasteiger partial charge is 0.308 e. The molecule has 0 saturated heterocycles. The summed E-state index contributed by atoms with van der Waals surface area (Å²) in [5.74, 6) is -1.59. The predicted octanol–water partition coefficient (Wildman–Crippen LogP) is 4.81. The first-order valence-electron chi connectivity index (χ1n) is 7.83. The van der Waals surface area contributed by atoms with Crippen molar-refractivity contribution in [1.82, 2.24) is 9.88 Å². The zero-order valence-corrected chi connectivity index (χ0v) is 18.4. The highest BCUT2D eigenvalue weighted by Gasteiger charge is 2.23. The minimum absolute atomic E-state index is 0. The number of benzene rings is 2. The summed E-state index contributed by atoms with van der Waals surface area (Å²) < 4.78 is 28.7. The fourth-order valence-corrected chi connectivity index (χ4v) is 4.07. The molecule has 4 nitrogen and oxygen atoms in total. The van der Waals surface area contributed by atoms with Crippen LogP contribution >= 0.6 is 46.3 Å². The van der Waals surface area contributed by atoms with E-state index >= 15 is 0 Å². The number of rotatable bonds is 5. The molecule has 0 radical (unpaired) electrons. The van der Waals surface area contributed by atoms with Crippen molar-refractivity contribution in [3.05, 3.63) is 57.2 Å². The summed E-state index contributed by atoms with van der Waals surface area (Å²) in [6.07, 6.45) is 0. The van der Waals surface area contributed by atoms with Gasteiger partial charge in [0.05, 0.1) is 10.3 Å². The Kier molecular flexibility index (Phi) is 7.49. The van der Waals surface area contributed by atoms with Crippen LogP contribution in [0.15, 0.2) is 36.4 Å². The van der Waals surface area contributed by atoms with Crippen LogP contribution in [-0.4, -0.2) is 43.0 Å². The second-order valence-corrected chi connectivity index (χ2v) is 8.14. The van der Waals surface area contributed by atoms with Crippen LogP contribution in [0.1, 0.15) is 10.4 Å². The molecular formula is C18H17ClF2IN3OS. The lowest BCUT2D eigenvalue weighted by Gasteiger charge is -2.22. The lowest BCUT2D eigenvalue weighted by molar-refractivity contribution is 0.0984. The minimum atomic E-state index is -0.725. The Morgan fingerprint density at radius 3 is 2.56 bits per heavy atom. The first kappa shape index (κ1) is 21.9. The number of carbonyl (C=O) groups is 1. The maximum atomic E-state index is 14.0. The van der Waals surface area contributed by atoms with Gasteiger partial charge in [-0.1, -0.05) is 23.5 Å². The van der Waals surface area contributed by atoms with E-state index in [1.165, 1.54) is 11.0 Å². The number of hydrogen-bond acceptors (Lipinski definition) is 4. The predicted molar refractivity (Wildman–Crippen MR) is 116 cm³/mol. The van der Waals surface area contributed by atoms with Gasteiger partial charge in [-0.15, -0.1) is 12.4 Å². The van der Waals surface area contributed by atoms with Crippen molar-refractivity contribution in [1.29, 1.82) is 0 Å². The Hall–Kier alpha value is -1.36. The number of fused-ring (bicyclic) bond motifs is 1. The van der Waals surface area contributed by atoms with Crippen molar-refractivity contribution in [3.8, 4) is 0 Å². The number of anilines is 1. The molecule has 0 spiro atoms. The maximum Gasteiger partial charge on any atom is 0.261 e. The molecule has 0 unspecified atom stereocenters. The van der Waals surface area contributed by atoms with Gasteiger partial charge in [-0.2, -0.15) is 0 Å². The van der Waals surface area contributed by atoms with Crippen molar-refractivity contribution < 1.29 is 13.6 Å². The molecule has 0 fully saturated rings. The molecule has 0 aliphatic rings. The Morgan fingerprint density at radius 2 is 1.89 bits per heavy atom. The van der Waals surface area contributed by atoms with Crippen LogP contribution in [0.3, 0.4) is 0 Å². The first-order chi connectivity index (χ1) is 12.4. The van der Waals surface area contributed by atoms with Crippen molar-refractivity contribution in [2.75, 3.05) is 32.1 Å². The van der Waals surface area contributed by atoms with Crippen LogP contribution in [0.5, 0.6) is 0 Å². The SMILES string of the molecule is CN(C)CCN(C(=O)c1ccccc1I)c1nc2c(F)cc(F)cc2s1.Cl. The molecule has 0 N–H and O–H groups in total. The number of likely N-dealkylation sites (N-methyl/N-ethyl adjacent to an activating group) is 1. The third-order valence-corrected chi connectivity index (χ3v) is 5.72. The molecule has 27 heavy (non-hydrogen) atoms. The van der Waals surface area contributed by atoms with Crippen LogP contribution < -0.4 is 4.90 Å². The molecule has 0 saturated carbocycles. The average molecular weight is 524 g/mol. The molecule has 0 bridgehead atoms. The van der Waals surface area contributed by atoms with E-state index in [4.69, 9.17) is 0 Å². The highest BCUT2D eigenvalue weighted by atomic mass is 127. The maximum absolute atomic E-state index is 14.0. The van der Waals surface area contributed by atoms with Gasteiger partial charge in [0.15, 0.2) is 10.9 Å². The van der Waals surface area contributed by atoms with Gasteiger partial charge >= 0.3 is 0 Å². The molecule has 1 amide bonds.